The fraction of sp³-hybridized carbons (Fsp3) is 0.462. The quantitative estimate of drug-likeness (QED) is 0.865. The number of nitrogens with zero attached hydrogens (tertiary/aromatic N) is 1. The standard InChI is InChI=1S/C13H17FN2O2/c1-18-12-7-9(4-5-11(12)14)13(17)16-6-2-3-10(15)8-16/h4-5,7,10H,2-3,6,8,15H2,1H3/t10-/m1/s1. The maximum atomic E-state index is 13.3. The van der Waals surface area contributed by atoms with E-state index in [1.54, 1.807) is 4.90 Å². The predicted molar refractivity (Wildman–Crippen MR) is 66.1 cm³/mol. The van der Waals surface area contributed by atoms with Gasteiger partial charge in [-0.1, -0.05) is 0 Å². The lowest BCUT2D eigenvalue weighted by Crippen LogP contribution is -2.45. The first-order chi connectivity index (χ1) is 8.61. The van der Waals surface area contributed by atoms with Crippen LogP contribution in [0, 0.1) is 5.82 Å². The number of carbonyl (C=O) groups excluding carboxylic acids is 1. The van der Waals surface area contributed by atoms with Crippen LogP contribution in [-0.2, 0) is 0 Å². The molecule has 0 unspecified atom stereocenters. The molecule has 1 aliphatic heterocycles. The van der Waals surface area contributed by atoms with Crippen LogP contribution < -0.4 is 10.5 Å². The van der Waals surface area contributed by atoms with Crippen molar-refractivity contribution in [3.63, 3.8) is 0 Å². The number of piperidine rings is 1. The van der Waals surface area contributed by atoms with E-state index in [4.69, 9.17) is 10.5 Å². The zero-order chi connectivity index (χ0) is 13.1. The molecule has 5 heteroatoms. The second kappa shape index (κ2) is 5.35. The Kier molecular flexibility index (Phi) is 3.81. The van der Waals surface area contributed by atoms with Crippen molar-refractivity contribution in [2.45, 2.75) is 18.9 Å². The number of hydrogen-bond acceptors (Lipinski definition) is 3. The summed E-state index contributed by atoms with van der Waals surface area (Å²) in [5.74, 6) is -0.505. The Balaban J connectivity index is 2.17. The molecule has 0 aliphatic carbocycles. The van der Waals surface area contributed by atoms with Crippen LogP contribution >= 0.6 is 0 Å². The number of halogens is 1. The highest BCUT2D eigenvalue weighted by atomic mass is 19.1. The Morgan fingerprint density at radius 1 is 1.56 bits per heavy atom. The van der Waals surface area contributed by atoms with Gasteiger partial charge < -0.3 is 15.4 Å². The Morgan fingerprint density at radius 2 is 2.33 bits per heavy atom. The van der Waals surface area contributed by atoms with Crippen LogP contribution in [0.4, 0.5) is 4.39 Å². The summed E-state index contributed by atoms with van der Waals surface area (Å²) in [6.07, 6.45) is 1.85. The molecule has 1 saturated heterocycles. The highest BCUT2D eigenvalue weighted by Gasteiger charge is 2.22. The number of benzene rings is 1. The molecule has 2 rings (SSSR count). The van der Waals surface area contributed by atoms with Gasteiger partial charge in [0.05, 0.1) is 7.11 Å². The number of ether oxygens (including phenoxy) is 1. The van der Waals surface area contributed by atoms with Crippen LogP contribution in [0.25, 0.3) is 0 Å². The SMILES string of the molecule is COc1cc(C(=O)N2CCC[C@@H](N)C2)ccc1F. The van der Waals surface area contributed by atoms with Crippen molar-refractivity contribution in [1.82, 2.24) is 4.90 Å². The van der Waals surface area contributed by atoms with E-state index >= 15 is 0 Å². The molecule has 0 aromatic heterocycles. The van der Waals surface area contributed by atoms with E-state index in [0.717, 1.165) is 12.8 Å². The van der Waals surface area contributed by atoms with Crippen molar-refractivity contribution in [2.24, 2.45) is 5.73 Å². The first kappa shape index (κ1) is 12.8. The average Bonchev–Trinajstić information content (AvgIpc) is 2.38. The van der Waals surface area contributed by atoms with Gasteiger partial charge in [0.1, 0.15) is 0 Å². The largest absolute Gasteiger partial charge is 0.494 e. The summed E-state index contributed by atoms with van der Waals surface area (Å²) >= 11 is 0. The van der Waals surface area contributed by atoms with Crippen LogP contribution in [-0.4, -0.2) is 37.0 Å². The van der Waals surface area contributed by atoms with E-state index in [0.29, 0.717) is 18.7 Å². The molecular formula is C13H17FN2O2. The second-order valence-corrected chi connectivity index (χ2v) is 4.50. The number of carbonyl (C=O) groups is 1. The lowest BCUT2D eigenvalue weighted by molar-refractivity contribution is 0.0708. The smallest absolute Gasteiger partial charge is 0.254 e. The highest BCUT2D eigenvalue weighted by molar-refractivity contribution is 5.94. The first-order valence-electron chi connectivity index (χ1n) is 6.00. The van der Waals surface area contributed by atoms with Crippen molar-refractivity contribution >= 4 is 5.91 Å². The lowest BCUT2D eigenvalue weighted by Gasteiger charge is -2.30. The summed E-state index contributed by atoms with van der Waals surface area (Å²) in [6, 6.07) is 4.18. The monoisotopic (exact) mass is 252 g/mol. The summed E-state index contributed by atoms with van der Waals surface area (Å²) in [5, 5.41) is 0. The average molecular weight is 252 g/mol. The maximum absolute atomic E-state index is 13.3. The van der Waals surface area contributed by atoms with Gasteiger partial charge in [-0.2, -0.15) is 0 Å². The topological polar surface area (TPSA) is 55.6 Å². The second-order valence-electron chi connectivity index (χ2n) is 4.50. The van der Waals surface area contributed by atoms with Crippen LogP contribution in [0.5, 0.6) is 5.75 Å². The molecule has 0 saturated carbocycles. The number of hydrogen-bond donors (Lipinski definition) is 1. The highest BCUT2D eigenvalue weighted by Crippen LogP contribution is 2.20. The first-order valence-corrected chi connectivity index (χ1v) is 6.00. The molecule has 0 spiro atoms. The lowest BCUT2D eigenvalue weighted by atomic mass is 10.1. The number of rotatable bonds is 2. The van der Waals surface area contributed by atoms with Gasteiger partial charge in [-0.05, 0) is 31.0 Å². The predicted octanol–water partition coefficient (Wildman–Crippen LogP) is 1.40. The van der Waals surface area contributed by atoms with Crippen LogP contribution in [0.1, 0.15) is 23.2 Å². The Hall–Kier alpha value is -1.62. The summed E-state index contributed by atoms with van der Waals surface area (Å²) in [5.41, 5.74) is 6.28. The third-order valence-electron chi connectivity index (χ3n) is 3.14. The molecule has 1 aromatic rings. The van der Waals surface area contributed by atoms with Gasteiger partial charge in [0, 0.05) is 24.7 Å². The van der Waals surface area contributed by atoms with Crippen molar-refractivity contribution in [3.05, 3.63) is 29.6 Å². The van der Waals surface area contributed by atoms with Gasteiger partial charge in [-0.25, -0.2) is 4.39 Å². The molecule has 0 radical (unpaired) electrons. The van der Waals surface area contributed by atoms with Gasteiger partial charge in [-0.15, -0.1) is 0 Å². The van der Waals surface area contributed by atoms with Gasteiger partial charge >= 0.3 is 0 Å². The van der Waals surface area contributed by atoms with Crippen molar-refractivity contribution in [1.29, 1.82) is 0 Å². The molecule has 1 atom stereocenters. The molecular weight excluding hydrogens is 235 g/mol. The van der Waals surface area contributed by atoms with E-state index in [1.165, 1.54) is 25.3 Å². The molecule has 4 nitrogen and oxygen atoms in total. The normalized spacial score (nSPS) is 19.7. The zero-order valence-electron chi connectivity index (χ0n) is 10.4. The number of nitrogens with two attached hydrogens (primary N) is 1. The molecule has 2 N–H and O–H groups in total. The van der Waals surface area contributed by atoms with Gasteiger partial charge in [0.25, 0.3) is 5.91 Å². The van der Waals surface area contributed by atoms with Gasteiger partial charge in [-0.3, -0.25) is 4.79 Å². The number of amides is 1. The van der Waals surface area contributed by atoms with Crippen molar-refractivity contribution < 1.29 is 13.9 Å². The molecule has 1 heterocycles. The molecule has 98 valence electrons. The molecule has 0 bridgehead atoms. The van der Waals surface area contributed by atoms with Crippen molar-refractivity contribution in [3.8, 4) is 5.75 Å². The van der Waals surface area contributed by atoms with Crippen LogP contribution in [0.3, 0.4) is 0 Å². The van der Waals surface area contributed by atoms with E-state index < -0.39 is 5.82 Å². The number of methoxy groups -OCH3 is 1. The summed E-state index contributed by atoms with van der Waals surface area (Å²) < 4.78 is 18.1. The van der Waals surface area contributed by atoms with Gasteiger partial charge in [0.2, 0.25) is 0 Å². The van der Waals surface area contributed by atoms with Crippen LogP contribution in [0.2, 0.25) is 0 Å². The van der Waals surface area contributed by atoms with Gasteiger partial charge in [0.15, 0.2) is 11.6 Å². The van der Waals surface area contributed by atoms with E-state index in [2.05, 4.69) is 0 Å². The molecule has 1 amide bonds. The Bertz CT molecular complexity index is 451. The Morgan fingerprint density at radius 3 is 3.00 bits per heavy atom. The summed E-state index contributed by atoms with van der Waals surface area (Å²) in [4.78, 5) is 13.9. The zero-order valence-corrected chi connectivity index (χ0v) is 10.4. The van der Waals surface area contributed by atoms with Crippen LogP contribution in [0.15, 0.2) is 18.2 Å². The summed E-state index contributed by atoms with van der Waals surface area (Å²) in [6.45, 7) is 1.25. The minimum Gasteiger partial charge on any atom is -0.494 e. The van der Waals surface area contributed by atoms with E-state index in [1.807, 2.05) is 0 Å². The van der Waals surface area contributed by atoms with E-state index in [9.17, 15) is 9.18 Å². The maximum Gasteiger partial charge on any atom is 0.254 e. The molecule has 1 aromatic carbocycles. The molecule has 1 fully saturated rings. The van der Waals surface area contributed by atoms with Crippen molar-refractivity contribution in [2.75, 3.05) is 20.2 Å². The summed E-state index contributed by atoms with van der Waals surface area (Å²) in [7, 11) is 1.38. The molecule has 18 heavy (non-hydrogen) atoms. The third kappa shape index (κ3) is 2.61. The minimum absolute atomic E-state index is 0.0324. The fourth-order valence-corrected chi connectivity index (χ4v) is 2.17. The number of likely N-dealkylation sites (tertiary alicyclic amines) is 1. The fourth-order valence-electron chi connectivity index (χ4n) is 2.17. The minimum atomic E-state index is -0.468. The van der Waals surface area contributed by atoms with E-state index in [-0.39, 0.29) is 17.7 Å². The molecule has 1 aliphatic rings. The third-order valence-corrected chi connectivity index (χ3v) is 3.14. The Labute approximate surface area is 106 Å².